The molecular formula is C20H30F2N2Sn. The topological polar surface area (TPSA) is 17.3 Å². The van der Waals surface area contributed by atoms with Crippen molar-refractivity contribution in [2.75, 3.05) is 0 Å². The molecule has 2 aromatic rings. The van der Waals surface area contributed by atoms with Gasteiger partial charge in [0.25, 0.3) is 0 Å². The summed E-state index contributed by atoms with van der Waals surface area (Å²) in [6.45, 7) is 6.70. The van der Waals surface area contributed by atoms with Crippen molar-refractivity contribution >= 4 is 30.4 Å². The average molecular weight is 455 g/mol. The molecule has 5 heteroatoms. The number of rotatable bonds is 11. The second-order valence-electron chi connectivity index (χ2n) is 7.01. The van der Waals surface area contributed by atoms with Crippen molar-refractivity contribution < 1.29 is 8.78 Å². The van der Waals surface area contributed by atoms with Gasteiger partial charge in [-0.2, -0.15) is 0 Å². The number of imidazole rings is 1. The SMILES string of the molecule is CCCC[C](CCCC)(CCCC)[Sn][c]1nc(F)n2c(F)cccc12. The van der Waals surface area contributed by atoms with Gasteiger partial charge in [-0.1, -0.05) is 0 Å². The molecule has 0 saturated heterocycles. The Morgan fingerprint density at radius 2 is 1.52 bits per heavy atom. The van der Waals surface area contributed by atoms with E-state index in [9.17, 15) is 8.78 Å². The molecule has 2 heterocycles. The fraction of sp³-hybridized carbons (Fsp3) is 0.650. The standard InChI is InChI=1S/C13H27.C7H3F2N2.Sn/c1-4-7-10-13(11-8-5-2)12-9-6-3;8-6-3-1-2-5-4-10-7(9)11(5)6;/h4-12H2,1-3H3;1-3H;. The van der Waals surface area contributed by atoms with Gasteiger partial charge in [0, 0.05) is 0 Å². The van der Waals surface area contributed by atoms with E-state index in [2.05, 4.69) is 25.8 Å². The van der Waals surface area contributed by atoms with E-state index in [1.165, 1.54) is 63.9 Å². The monoisotopic (exact) mass is 456 g/mol. The van der Waals surface area contributed by atoms with Gasteiger partial charge in [0.1, 0.15) is 0 Å². The number of halogens is 2. The Kier molecular flexibility index (Phi) is 8.17. The van der Waals surface area contributed by atoms with Gasteiger partial charge in [0.2, 0.25) is 0 Å². The summed E-state index contributed by atoms with van der Waals surface area (Å²) in [6, 6.07) is 4.78. The van der Waals surface area contributed by atoms with E-state index in [0.29, 0.717) is 8.95 Å². The first kappa shape index (κ1) is 20.7. The summed E-state index contributed by atoms with van der Waals surface area (Å²) in [7, 11) is 0. The first-order chi connectivity index (χ1) is 12.1. The van der Waals surface area contributed by atoms with E-state index in [-0.39, 0.29) is 0 Å². The van der Waals surface area contributed by atoms with Crippen LogP contribution in [0.25, 0.3) is 5.52 Å². The van der Waals surface area contributed by atoms with Crippen LogP contribution in [-0.4, -0.2) is 30.5 Å². The van der Waals surface area contributed by atoms with Crippen molar-refractivity contribution in [3.05, 3.63) is 30.2 Å². The van der Waals surface area contributed by atoms with Crippen LogP contribution in [0.2, 0.25) is 3.43 Å². The summed E-state index contributed by atoms with van der Waals surface area (Å²) in [5, 5.41) is 0. The third-order valence-corrected chi connectivity index (χ3v) is 10.4. The second-order valence-corrected chi connectivity index (χ2v) is 12.1. The van der Waals surface area contributed by atoms with Gasteiger partial charge in [-0.15, -0.1) is 0 Å². The summed E-state index contributed by atoms with van der Waals surface area (Å²) in [4.78, 5) is 4.19. The third-order valence-electron chi connectivity index (χ3n) is 4.98. The summed E-state index contributed by atoms with van der Waals surface area (Å²) in [6.07, 6.45) is 10.2. The molecule has 0 aliphatic carbocycles. The van der Waals surface area contributed by atoms with Gasteiger partial charge in [-0.3, -0.25) is 0 Å². The van der Waals surface area contributed by atoms with Crippen LogP contribution < -0.4 is 3.71 Å². The molecule has 138 valence electrons. The van der Waals surface area contributed by atoms with Crippen LogP contribution in [0.4, 0.5) is 8.78 Å². The fourth-order valence-electron chi connectivity index (χ4n) is 3.51. The Labute approximate surface area is 160 Å². The third kappa shape index (κ3) is 5.17. The Balaban J connectivity index is 2.38. The van der Waals surface area contributed by atoms with Gasteiger partial charge >= 0.3 is 161 Å². The van der Waals surface area contributed by atoms with E-state index in [4.69, 9.17) is 0 Å². The van der Waals surface area contributed by atoms with Gasteiger partial charge in [-0.05, 0) is 0 Å². The number of aromatic nitrogens is 2. The maximum absolute atomic E-state index is 14.2. The van der Waals surface area contributed by atoms with E-state index in [1.807, 2.05) is 6.07 Å². The first-order valence-corrected chi connectivity index (χ1v) is 12.5. The fourth-order valence-corrected chi connectivity index (χ4v) is 8.87. The van der Waals surface area contributed by atoms with Crippen LogP contribution in [0.5, 0.6) is 0 Å². The van der Waals surface area contributed by atoms with Crippen molar-refractivity contribution in [2.24, 2.45) is 0 Å². The normalized spacial score (nSPS) is 12.2. The molecule has 25 heavy (non-hydrogen) atoms. The number of nitrogens with zero attached hydrogens (tertiary/aromatic N) is 2. The molecule has 0 aliphatic rings. The number of hydrogen-bond acceptors (Lipinski definition) is 1. The van der Waals surface area contributed by atoms with E-state index < -0.39 is 33.2 Å². The summed E-state index contributed by atoms with van der Waals surface area (Å²) >= 11 is -1.17. The van der Waals surface area contributed by atoms with E-state index >= 15 is 0 Å². The van der Waals surface area contributed by atoms with Crippen molar-refractivity contribution in [2.45, 2.75) is 82.0 Å². The Bertz CT molecular complexity index is 647. The Morgan fingerprint density at radius 1 is 0.960 bits per heavy atom. The Hall–Kier alpha value is -0.651. The summed E-state index contributed by atoms with van der Waals surface area (Å²) in [5.41, 5.74) is 0.651. The van der Waals surface area contributed by atoms with E-state index in [0.717, 1.165) is 8.11 Å². The van der Waals surface area contributed by atoms with Crippen LogP contribution in [0.15, 0.2) is 18.2 Å². The molecule has 0 atom stereocenters. The molecule has 2 nitrogen and oxygen atoms in total. The zero-order valence-electron chi connectivity index (χ0n) is 15.7. The second kappa shape index (κ2) is 9.88. The van der Waals surface area contributed by atoms with Gasteiger partial charge in [0.15, 0.2) is 0 Å². The van der Waals surface area contributed by atoms with Crippen molar-refractivity contribution in [1.29, 1.82) is 0 Å². The molecule has 0 aliphatic heterocycles. The number of pyridine rings is 1. The van der Waals surface area contributed by atoms with Crippen molar-refractivity contribution in [1.82, 2.24) is 9.38 Å². The zero-order chi connectivity index (χ0) is 18.3. The quantitative estimate of drug-likeness (QED) is 0.315. The van der Waals surface area contributed by atoms with E-state index in [1.54, 1.807) is 6.07 Å². The molecule has 0 bridgehead atoms. The van der Waals surface area contributed by atoms with Crippen molar-refractivity contribution in [3.8, 4) is 0 Å². The van der Waals surface area contributed by atoms with Crippen LogP contribution in [0.1, 0.15) is 78.6 Å². The summed E-state index contributed by atoms with van der Waals surface area (Å²) in [5.74, 6) is -0.561. The molecule has 2 aromatic heterocycles. The number of fused-ring (bicyclic) bond motifs is 1. The minimum absolute atomic E-state index is 0.318. The average Bonchev–Trinajstić information content (AvgIpc) is 2.93. The van der Waals surface area contributed by atoms with Crippen molar-refractivity contribution in [3.63, 3.8) is 0 Å². The van der Waals surface area contributed by atoms with Gasteiger partial charge in [0.05, 0.1) is 0 Å². The molecule has 0 spiro atoms. The maximum atomic E-state index is 14.2. The molecule has 0 aromatic carbocycles. The van der Waals surface area contributed by atoms with Crippen LogP contribution in [0, 0.1) is 12.0 Å². The molecular weight excluding hydrogens is 425 g/mol. The number of unbranched alkanes of at least 4 members (excludes halogenated alkanes) is 3. The molecule has 0 saturated carbocycles. The molecule has 2 rings (SSSR count). The predicted octanol–water partition coefficient (Wildman–Crippen LogP) is 5.67. The zero-order valence-corrected chi connectivity index (χ0v) is 18.6. The molecule has 0 unspecified atom stereocenters. The first-order valence-electron chi connectivity index (χ1n) is 9.67. The minimum atomic E-state index is -1.17. The molecule has 0 N–H and O–H groups in total. The van der Waals surface area contributed by atoms with Crippen LogP contribution in [-0.2, 0) is 0 Å². The predicted molar refractivity (Wildman–Crippen MR) is 102 cm³/mol. The number of hydrogen-bond donors (Lipinski definition) is 0. The Morgan fingerprint density at radius 3 is 2.04 bits per heavy atom. The molecule has 0 fully saturated rings. The molecule has 0 amide bonds. The molecule has 2 radical (unpaired) electrons. The van der Waals surface area contributed by atoms with Crippen LogP contribution >= 0.6 is 0 Å². The van der Waals surface area contributed by atoms with Gasteiger partial charge in [-0.25, -0.2) is 0 Å². The van der Waals surface area contributed by atoms with Gasteiger partial charge < -0.3 is 0 Å². The van der Waals surface area contributed by atoms with Crippen LogP contribution in [0.3, 0.4) is 0 Å². The summed E-state index contributed by atoms with van der Waals surface area (Å²) < 4.78 is 30.5.